The van der Waals surface area contributed by atoms with Crippen LogP contribution in [-0.4, -0.2) is 48.0 Å². The molecule has 0 spiro atoms. The molecule has 0 aliphatic heterocycles. The highest BCUT2D eigenvalue weighted by Gasteiger charge is 2.24. The van der Waals surface area contributed by atoms with Crippen LogP contribution < -0.4 is 15.0 Å². The van der Waals surface area contributed by atoms with Crippen LogP contribution in [0.25, 0.3) is 11.1 Å². The number of carboxylic acid groups (broad SMARTS) is 1. The van der Waals surface area contributed by atoms with Crippen molar-refractivity contribution in [1.82, 2.24) is 4.57 Å². The van der Waals surface area contributed by atoms with Crippen LogP contribution in [0.15, 0.2) is 35.3 Å². The minimum atomic E-state index is -2.69. The quantitative estimate of drug-likeness (QED) is 0.540. The van der Waals surface area contributed by atoms with Gasteiger partial charge in [0.2, 0.25) is 0 Å². The van der Waals surface area contributed by atoms with E-state index in [1.54, 1.807) is 0 Å². The Hall–Kier alpha value is -2.65. The van der Waals surface area contributed by atoms with Crippen molar-refractivity contribution in [2.45, 2.75) is 45.3 Å². The molecule has 1 aromatic heterocycles. The lowest BCUT2D eigenvalue weighted by Gasteiger charge is -2.23. The normalized spacial score (nSPS) is 12.6. The summed E-state index contributed by atoms with van der Waals surface area (Å²) in [5.74, 6) is -0.974. The molecular weight excluding hydrogens is 448 g/mol. The lowest BCUT2D eigenvalue weighted by atomic mass is 10.0. The Morgan fingerprint density at radius 3 is 2.41 bits per heavy atom. The molecule has 0 fully saturated rings. The fourth-order valence-electron chi connectivity index (χ4n) is 2.99. The first-order valence-electron chi connectivity index (χ1n) is 9.80. The van der Waals surface area contributed by atoms with Crippen LogP contribution in [0, 0.1) is 0 Å². The number of halogens is 3. The van der Waals surface area contributed by atoms with Crippen molar-refractivity contribution < 1.29 is 32.9 Å². The number of carboxylic acids is 1. The zero-order valence-corrected chi connectivity index (χ0v) is 19.0. The molecule has 1 N–H and O–H groups in total. The van der Waals surface area contributed by atoms with Gasteiger partial charge in [-0.2, -0.15) is 0 Å². The van der Waals surface area contributed by atoms with Crippen LogP contribution in [0.5, 0.6) is 11.5 Å². The first kappa shape index (κ1) is 25.6. The van der Waals surface area contributed by atoms with E-state index >= 15 is 0 Å². The molecule has 1 heterocycles. The molecule has 10 heteroatoms. The number of aromatic nitrogens is 1. The van der Waals surface area contributed by atoms with Gasteiger partial charge in [0.05, 0.1) is 18.9 Å². The van der Waals surface area contributed by atoms with E-state index in [1.165, 1.54) is 37.6 Å². The second-order valence-corrected chi connectivity index (χ2v) is 8.38. The summed E-state index contributed by atoms with van der Waals surface area (Å²) < 4.78 is 42.5. The van der Waals surface area contributed by atoms with Gasteiger partial charge in [-0.1, -0.05) is 11.6 Å². The fraction of sp³-hybridized carbons (Fsp3) is 0.455. The van der Waals surface area contributed by atoms with E-state index in [0.29, 0.717) is 5.02 Å². The summed E-state index contributed by atoms with van der Waals surface area (Å²) in [7, 11) is 1.34. The summed E-state index contributed by atoms with van der Waals surface area (Å²) in [5.41, 5.74) is -0.585. The Balaban J connectivity index is 2.49. The monoisotopic (exact) mass is 473 g/mol. The number of aliphatic carboxylic acids is 1. The Morgan fingerprint density at radius 1 is 1.19 bits per heavy atom. The van der Waals surface area contributed by atoms with E-state index in [0.717, 1.165) is 4.57 Å². The van der Waals surface area contributed by atoms with E-state index in [1.807, 2.05) is 20.8 Å². The Bertz CT molecular complexity index is 1000. The maximum atomic E-state index is 12.9. The molecular formula is C22H26ClF2NO6. The first-order valence-corrected chi connectivity index (χ1v) is 10.2. The Morgan fingerprint density at radius 2 is 1.84 bits per heavy atom. The molecule has 2 aromatic rings. The lowest BCUT2D eigenvalue weighted by molar-refractivity contribution is -0.142. The zero-order chi connectivity index (χ0) is 24.1. The second kappa shape index (κ2) is 10.8. The fourth-order valence-corrected chi connectivity index (χ4v) is 3.17. The molecule has 0 aliphatic rings. The molecule has 0 radical (unpaired) electrons. The van der Waals surface area contributed by atoms with Gasteiger partial charge >= 0.3 is 5.97 Å². The van der Waals surface area contributed by atoms with Crippen molar-refractivity contribution in [1.29, 1.82) is 0 Å². The molecule has 1 aromatic carbocycles. The average molecular weight is 474 g/mol. The number of rotatable bonds is 10. The first-order chi connectivity index (χ1) is 14.9. The molecule has 1 unspecified atom stereocenters. The number of carbonyl (C=O) groups is 1. The number of ether oxygens (including phenoxy) is 3. The maximum Gasteiger partial charge on any atom is 0.326 e. The van der Waals surface area contributed by atoms with Gasteiger partial charge in [-0.25, -0.2) is 13.6 Å². The number of nitrogens with zero attached hydrogens (tertiary/aromatic N) is 1. The molecule has 176 valence electrons. The molecule has 0 saturated heterocycles. The third-order valence-corrected chi connectivity index (χ3v) is 4.64. The minimum absolute atomic E-state index is 0.0505. The Labute approximate surface area is 189 Å². The summed E-state index contributed by atoms with van der Waals surface area (Å²) in [5, 5.41) is 9.96. The number of benzene rings is 1. The smallest absolute Gasteiger partial charge is 0.326 e. The highest BCUT2D eigenvalue weighted by Crippen LogP contribution is 2.37. The number of hydrogen-bond acceptors (Lipinski definition) is 5. The van der Waals surface area contributed by atoms with Crippen molar-refractivity contribution >= 4 is 17.6 Å². The number of pyridine rings is 1. The minimum Gasteiger partial charge on any atom is -0.495 e. The van der Waals surface area contributed by atoms with Crippen LogP contribution in [-0.2, 0) is 9.53 Å². The van der Waals surface area contributed by atoms with Gasteiger partial charge in [-0.3, -0.25) is 9.36 Å². The maximum absolute atomic E-state index is 12.9. The number of alkyl halides is 2. The molecule has 1 atom stereocenters. The summed E-state index contributed by atoms with van der Waals surface area (Å²) in [4.78, 5) is 24.7. The van der Waals surface area contributed by atoms with E-state index < -0.39 is 36.2 Å². The SMILES string of the molecule is COc1cn(C(CCOC(C)(C)C)C(=O)O)c(=O)cc1-c1cc(Cl)ccc1OCC(F)F. The van der Waals surface area contributed by atoms with Crippen LogP contribution in [0.2, 0.25) is 5.02 Å². The van der Waals surface area contributed by atoms with Crippen LogP contribution in [0.4, 0.5) is 8.78 Å². The standard InChI is InChI=1S/C22H26ClF2NO6/c1-22(2,3)32-8-7-16(21(28)29)26-11-18(30-4)15(10-20(26)27)14-9-13(23)5-6-17(14)31-12-19(24)25/h5-6,9-11,16,19H,7-8,12H2,1-4H3,(H,28,29). The predicted molar refractivity (Wildman–Crippen MR) is 116 cm³/mol. The van der Waals surface area contributed by atoms with Gasteiger partial charge in [0, 0.05) is 35.2 Å². The number of hydrogen-bond donors (Lipinski definition) is 1. The van der Waals surface area contributed by atoms with Crippen molar-refractivity contribution in [2.75, 3.05) is 20.3 Å². The lowest BCUT2D eigenvalue weighted by Crippen LogP contribution is -2.31. The van der Waals surface area contributed by atoms with E-state index in [4.69, 9.17) is 25.8 Å². The predicted octanol–water partition coefficient (Wildman–Crippen LogP) is 4.65. The molecule has 2 rings (SSSR count). The summed E-state index contributed by atoms with van der Waals surface area (Å²) in [6, 6.07) is 4.31. The summed E-state index contributed by atoms with van der Waals surface area (Å²) in [6.07, 6.45) is -1.37. The van der Waals surface area contributed by atoms with Crippen LogP contribution in [0.1, 0.15) is 33.2 Å². The molecule has 32 heavy (non-hydrogen) atoms. The van der Waals surface area contributed by atoms with Crippen LogP contribution >= 0.6 is 11.6 Å². The summed E-state index contributed by atoms with van der Waals surface area (Å²) >= 11 is 6.06. The van der Waals surface area contributed by atoms with Gasteiger partial charge in [-0.15, -0.1) is 0 Å². The van der Waals surface area contributed by atoms with Crippen molar-refractivity contribution in [3.63, 3.8) is 0 Å². The molecule has 0 amide bonds. The average Bonchev–Trinajstić information content (AvgIpc) is 2.69. The molecule has 0 saturated carbocycles. The third-order valence-electron chi connectivity index (χ3n) is 4.41. The molecule has 7 nitrogen and oxygen atoms in total. The van der Waals surface area contributed by atoms with Crippen LogP contribution in [0.3, 0.4) is 0 Å². The van der Waals surface area contributed by atoms with Crippen molar-refractivity contribution in [3.8, 4) is 22.6 Å². The number of methoxy groups -OCH3 is 1. The van der Waals surface area contributed by atoms with Gasteiger partial charge in [0.1, 0.15) is 24.1 Å². The zero-order valence-electron chi connectivity index (χ0n) is 18.2. The van der Waals surface area contributed by atoms with E-state index in [2.05, 4.69) is 0 Å². The molecule has 0 aliphatic carbocycles. The van der Waals surface area contributed by atoms with E-state index in [-0.39, 0.29) is 35.7 Å². The largest absolute Gasteiger partial charge is 0.495 e. The van der Waals surface area contributed by atoms with E-state index in [9.17, 15) is 23.5 Å². The van der Waals surface area contributed by atoms with Gasteiger partial charge < -0.3 is 19.3 Å². The highest BCUT2D eigenvalue weighted by atomic mass is 35.5. The van der Waals surface area contributed by atoms with Crippen molar-refractivity contribution in [2.24, 2.45) is 0 Å². The molecule has 0 bridgehead atoms. The van der Waals surface area contributed by atoms with Gasteiger partial charge in [-0.05, 0) is 39.0 Å². The Kier molecular flexibility index (Phi) is 8.63. The second-order valence-electron chi connectivity index (χ2n) is 7.95. The summed E-state index contributed by atoms with van der Waals surface area (Å²) in [6.45, 7) is 4.79. The third kappa shape index (κ3) is 6.93. The topological polar surface area (TPSA) is 87.0 Å². The van der Waals surface area contributed by atoms with Gasteiger partial charge in [0.25, 0.3) is 12.0 Å². The van der Waals surface area contributed by atoms with Gasteiger partial charge in [0.15, 0.2) is 0 Å². The van der Waals surface area contributed by atoms with Crippen molar-refractivity contribution in [3.05, 3.63) is 45.8 Å². The highest BCUT2D eigenvalue weighted by molar-refractivity contribution is 6.31.